The molecular formula is C23H27NO. The molecule has 1 unspecified atom stereocenters. The number of hydrogen-bond acceptors (Lipinski definition) is 1. The maximum atomic E-state index is 12.6. The van der Waals surface area contributed by atoms with E-state index < -0.39 is 0 Å². The molecule has 1 heterocycles. The predicted octanol–water partition coefficient (Wildman–Crippen LogP) is 4.66. The Morgan fingerprint density at radius 1 is 1.36 bits per heavy atom. The largest absolute Gasteiger partial charge is 0.339 e. The van der Waals surface area contributed by atoms with Crippen LogP contribution in [0.3, 0.4) is 0 Å². The molecule has 0 aliphatic carbocycles. The van der Waals surface area contributed by atoms with Crippen LogP contribution < -0.4 is 0 Å². The highest BCUT2D eigenvalue weighted by Gasteiger charge is 2.25. The van der Waals surface area contributed by atoms with Gasteiger partial charge in [0.1, 0.15) is 0 Å². The minimum Gasteiger partial charge on any atom is -0.339 e. The van der Waals surface area contributed by atoms with Crippen LogP contribution in [0.25, 0.3) is 0 Å². The van der Waals surface area contributed by atoms with Gasteiger partial charge in [-0.15, -0.1) is 0 Å². The van der Waals surface area contributed by atoms with Gasteiger partial charge in [0.2, 0.25) is 5.91 Å². The molecule has 0 radical (unpaired) electrons. The maximum absolute atomic E-state index is 12.6. The van der Waals surface area contributed by atoms with E-state index in [9.17, 15) is 4.79 Å². The highest BCUT2D eigenvalue weighted by Crippen LogP contribution is 2.20. The molecule has 1 amide bonds. The van der Waals surface area contributed by atoms with Crippen molar-refractivity contribution in [2.45, 2.75) is 33.6 Å². The molecule has 2 heteroatoms. The molecule has 1 aromatic carbocycles. The van der Waals surface area contributed by atoms with Gasteiger partial charge in [-0.25, -0.2) is 0 Å². The number of aryl methyl sites for hydroxylation is 1. The minimum absolute atomic E-state index is 0.159. The van der Waals surface area contributed by atoms with Crippen molar-refractivity contribution in [2.75, 3.05) is 13.1 Å². The second-order valence-corrected chi connectivity index (χ2v) is 6.52. The number of carbonyl (C=O) groups is 1. The molecule has 0 aromatic heterocycles. The highest BCUT2D eigenvalue weighted by molar-refractivity contribution is 5.94. The Morgan fingerprint density at radius 2 is 2.12 bits per heavy atom. The highest BCUT2D eigenvalue weighted by atomic mass is 16.2. The molecule has 130 valence electrons. The number of allylic oxidation sites excluding steroid dienone is 4. The van der Waals surface area contributed by atoms with Crippen LogP contribution in [-0.2, 0) is 4.79 Å². The number of amides is 1. The smallest absolute Gasteiger partial charge is 0.250 e. The Balaban J connectivity index is 2.24. The van der Waals surface area contributed by atoms with E-state index in [2.05, 4.69) is 51.3 Å². The Hall–Kier alpha value is -2.53. The topological polar surface area (TPSA) is 20.3 Å². The van der Waals surface area contributed by atoms with E-state index in [0.717, 1.165) is 42.6 Å². The zero-order valence-electron chi connectivity index (χ0n) is 15.5. The molecule has 25 heavy (non-hydrogen) atoms. The van der Waals surface area contributed by atoms with Crippen LogP contribution in [0.4, 0.5) is 0 Å². The van der Waals surface area contributed by atoms with Gasteiger partial charge in [-0.2, -0.15) is 0 Å². The maximum Gasteiger partial charge on any atom is 0.250 e. The molecule has 1 atom stereocenters. The van der Waals surface area contributed by atoms with Gasteiger partial charge in [-0.1, -0.05) is 56.6 Å². The van der Waals surface area contributed by atoms with Crippen molar-refractivity contribution in [3.63, 3.8) is 0 Å². The first-order valence-corrected chi connectivity index (χ1v) is 8.97. The van der Waals surface area contributed by atoms with Gasteiger partial charge in [0, 0.05) is 29.8 Å². The summed E-state index contributed by atoms with van der Waals surface area (Å²) in [5, 5.41) is 0. The van der Waals surface area contributed by atoms with E-state index in [4.69, 9.17) is 0 Å². The van der Waals surface area contributed by atoms with Crippen molar-refractivity contribution in [2.24, 2.45) is 5.92 Å². The third-order valence-electron chi connectivity index (χ3n) is 4.57. The van der Waals surface area contributed by atoms with Crippen LogP contribution in [0.1, 0.15) is 37.8 Å². The molecule has 1 aliphatic heterocycles. The molecule has 0 bridgehead atoms. The molecule has 1 aromatic rings. The summed E-state index contributed by atoms with van der Waals surface area (Å²) in [5.41, 5.74) is 3.85. The molecule has 1 saturated heterocycles. The summed E-state index contributed by atoms with van der Waals surface area (Å²) >= 11 is 0. The van der Waals surface area contributed by atoms with Gasteiger partial charge in [0.25, 0.3) is 0 Å². The lowest BCUT2D eigenvalue weighted by Crippen LogP contribution is -2.43. The molecule has 1 aliphatic rings. The van der Waals surface area contributed by atoms with Gasteiger partial charge in [-0.05, 0) is 49.5 Å². The van der Waals surface area contributed by atoms with Crippen molar-refractivity contribution in [3.8, 4) is 11.8 Å². The number of benzene rings is 1. The first kappa shape index (κ1) is 18.8. The molecule has 0 saturated carbocycles. The van der Waals surface area contributed by atoms with Gasteiger partial charge in [0.15, 0.2) is 0 Å². The summed E-state index contributed by atoms with van der Waals surface area (Å²) < 4.78 is 0. The van der Waals surface area contributed by atoms with E-state index >= 15 is 0 Å². The van der Waals surface area contributed by atoms with Crippen molar-refractivity contribution < 1.29 is 4.79 Å². The molecular weight excluding hydrogens is 306 g/mol. The third-order valence-corrected chi connectivity index (χ3v) is 4.57. The fraction of sp³-hybridized carbons (Fsp3) is 0.348. The summed E-state index contributed by atoms with van der Waals surface area (Å²) in [6.45, 7) is 11.9. The number of hydrogen-bond donors (Lipinski definition) is 0. The average Bonchev–Trinajstić information content (AvgIpc) is 2.56. The number of nitrogens with zero attached hydrogens (tertiary/aromatic N) is 1. The monoisotopic (exact) mass is 333 g/mol. The van der Waals surface area contributed by atoms with Crippen molar-refractivity contribution in [1.82, 2.24) is 4.90 Å². The molecule has 2 rings (SSSR count). The van der Waals surface area contributed by atoms with Gasteiger partial charge >= 0.3 is 0 Å². The lowest BCUT2D eigenvalue weighted by Gasteiger charge is -2.32. The standard InChI is InChI=1S/C23H27NO/c1-5-19(4)22(23(25)24-15-8-16-24)14-13-20(6-2)11-12-21-10-7-9-18(3)17-21/h6-7,9-10,13-14,17,19H,2,5,8,15-16H2,1,3-4H3. The first-order valence-electron chi connectivity index (χ1n) is 8.97. The fourth-order valence-corrected chi connectivity index (χ4v) is 2.58. The predicted molar refractivity (Wildman–Crippen MR) is 105 cm³/mol. The summed E-state index contributed by atoms with van der Waals surface area (Å²) in [6, 6.07) is 8.11. The van der Waals surface area contributed by atoms with Gasteiger partial charge < -0.3 is 4.90 Å². The van der Waals surface area contributed by atoms with Crippen LogP contribution in [0, 0.1) is 24.7 Å². The third kappa shape index (κ3) is 5.22. The second kappa shape index (κ2) is 9.08. The van der Waals surface area contributed by atoms with Gasteiger partial charge in [0.05, 0.1) is 0 Å². The Morgan fingerprint density at radius 3 is 2.68 bits per heavy atom. The lowest BCUT2D eigenvalue weighted by atomic mass is 9.95. The van der Waals surface area contributed by atoms with E-state index in [1.54, 1.807) is 6.08 Å². The Bertz CT molecular complexity index is 754. The van der Waals surface area contributed by atoms with E-state index in [1.165, 1.54) is 5.56 Å². The Kier molecular flexibility index (Phi) is 6.83. The lowest BCUT2D eigenvalue weighted by molar-refractivity contribution is -0.130. The SMILES string of the molecule is C=CC(C#Cc1cccc(C)c1)=CC=C(C(=O)N1CCC1)C(C)CC. The van der Waals surface area contributed by atoms with Gasteiger partial charge in [-0.3, -0.25) is 4.79 Å². The molecule has 0 N–H and O–H groups in total. The van der Waals surface area contributed by atoms with Crippen LogP contribution >= 0.6 is 0 Å². The molecule has 1 fully saturated rings. The van der Waals surface area contributed by atoms with E-state index in [0.29, 0.717) is 0 Å². The molecule has 0 spiro atoms. The first-order chi connectivity index (χ1) is 12.0. The second-order valence-electron chi connectivity index (χ2n) is 6.52. The van der Waals surface area contributed by atoms with Crippen molar-refractivity contribution in [3.05, 3.63) is 71.3 Å². The number of carbonyl (C=O) groups excluding carboxylic acids is 1. The quantitative estimate of drug-likeness (QED) is 0.436. The fourth-order valence-electron chi connectivity index (χ4n) is 2.58. The van der Waals surface area contributed by atoms with Crippen LogP contribution in [0.5, 0.6) is 0 Å². The van der Waals surface area contributed by atoms with E-state index in [-0.39, 0.29) is 11.8 Å². The van der Waals surface area contributed by atoms with Crippen LogP contribution in [-0.4, -0.2) is 23.9 Å². The number of rotatable bonds is 5. The van der Waals surface area contributed by atoms with Crippen LogP contribution in [0.2, 0.25) is 0 Å². The van der Waals surface area contributed by atoms with Crippen molar-refractivity contribution >= 4 is 5.91 Å². The summed E-state index contributed by atoms with van der Waals surface area (Å²) in [5.74, 6) is 6.70. The average molecular weight is 333 g/mol. The normalized spacial score (nSPS) is 15.7. The van der Waals surface area contributed by atoms with Crippen LogP contribution in [0.15, 0.2) is 60.2 Å². The number of likely N-dealkylation sites (tertiary alicyclic amines) is 1. The van der Waals surface area contributed by atoms with Crippen molar-refractivity contribution in [1.29, 1.82) is 0 Å². The minimum atomic E-state index is 0.159. The Labute approximate surface area is 151 Å². The summed E-state index contributed by atoms with van der Waals surface area (Å²) in [4.78, 5) is 14.5. The summed E-state index contributed by atoms with van der Waals surface area (Å²) in [7, 11) is 0. The zero-order valence-corrected chi connectivity index (χ0v) is 15.5. The molecule has 2 nitrogen and oxygen atoms in total. The van der Waals surface area contributed by atoms with E-state index in [1.807, 2.05) is 29.2 Å². The summed E-state index contributed by atoms with van der Waals surface area (Å²) in [6.07, 6.45) is 7.63. The zero-order chi connectivity index (χ0) is 18.2.